The van der Waals surface area contributed by atoms with Gasteiger partial charge in [0.2, 0.25) is 10.0 Å². The number of carbonyl (C=O) groups is 1. The van der Waals surface area contributed by atoms with Crippen molar-refractivity contribution in [2.24, 2.45) is 0 Å². The highest BCUT2D eigenvalue weighted by Crippen LogP contribution is 2.26. The van der Waals surface area contributed by atoms with E-state index in [0.717, 1.165) is 16.3 Å². The van der Waals surface area contributed by atoms with E-state index in [2.05, 4.69) is 4.98 Å². The summed E-state index contributed by atoms with van der Waals surface area (Å²) in [6.07, 6.45) is 1.67. The Kier molecular flexibility index (Phi) is 4.75. The number of sulfonamides is 1. The van der Waals surface area contributed by atoms with Crippen LogP contribution >= 0.6 is 0 Å². The second kappa shape index (κ2) is 7.47. The third kappa shape index (κ3) is 3.47. The molecule has 8 heteroatoms. The van der Waals surface area contributed by atoms with Gasteiger partial charge in [0.25, 0.3) is 5.91 Å². The third-order valence-electron chi connectivity index (χ3n) is 5.59. The molecule has 0 aliphatic carbocycles. The molecule has 0 radical (unpaired) electrons. The third-order valence-corrected chi connectivity index (χ3v) is 7.52. The van der Waals surface area contributed by atoms with E-state index in [1.54, 1.807) is 29.3 Å². The predicted molar refractivity (Wildman–Crippen MR) is 117 cm³/mol. The minimum absolute atomic E-state index is 0.196. The van der Waals surface area contributed by atoms with Gasteiger partial charge in [-0.2, -0.15) is 4.31 Å². The number of nitrogens with zero attached hydrogens (tertiary/aromatic N) is 3. The summed E-state index contributed by atoms with van der Waals surface area (Å²) in [5, 5.41) is 1.66. The van der Waals surface area contributed by atoms with E-state index >= 15 is 0 Å². The van der Waals surface area contributed by atoms with Crippen molar-refractivity contribution in [1.29, 1.82) is 0 Å². The molecule has 158 valence electrons. The second-order valence-electron chi connectivity index (χ2n) is 7.69. The first kappa shape index (κ1) is 19.7. The minimum Gasteiger partial charge on any atom is -0.451 e. The summed E-state index contributed by atoms with van der Waals surface area (Å²) >= 11 is 0. The van der Waals surface area contributed by atoms with E-state index in [9.17, 15) is 13.2 Å². The lowest BCUT2D eigenvalue weighted by Crippen LogP contribution is -2.50. The lowest BCUT2D eigenvalue weighted by molar-refractivity contribution is 0.0668. The fraction of sp³-hybridized carbons (Fsp3) is 0.217. The lowest BCUT2D eigenvalue weighted by atomic mass is 10.2. The smallest absolute Gasteiger partial charge is 0.289 e. The van der Waals surface area contributed by atoms with Crippen LogP contribution in [0.3, 0.4) is 0 Å². The summed E-state index contributed by atoms with van der Waals surface area (Å²) in [6, 6.07) is 16.3. The Morgan fingerprint density at radius 2 is 1.71 bits per heavy atom. The average molecular weight is 436 g/mol. The van der Waals surface area contributed by atoms with Crippen molar-refractivity contribution in [3.8, 4) is 0 Å². The van der Waals surface area contributed by atoms with Crippen LogP contribution < -0.4 is 0 Å². The van der Waals surface area contributed by atoms with Gasteiger partial charge in [-0.15, -0.1) is 0 Å². The van der Waals surface area contributed by atoms with Crippen molar-refractivity contribution >= 4 is 37.8 Å². The van der Waals surface area contributed by atoms with E-state index in [0.29, 0.717) is 24.2 Å². The van der Waals surface area contributed by atoms with Crippen LogP contribution in [0.1, 0.15) is 16.1 Å². The Morgan fingerprint density at radius 3 is 2.48 bits per heavy atom. The number of piperazine rings is 1. The number of amides is 1. The first-order chi connectivity index (χ1) is 14.9. The highest BCUT2D eigenvalue weighted by Gasteiger charge is 2.32. The number of rotatable bonds is 3. The number of aryl methyl sites for hydroxylation is 1. The van der Waals surface area contributed by atoms with Crippen LogP contribution in [-0.4, -0.2) is 54.7 Å². The molecule has 1 amide bonds. The molecule has 3 heterocycles. The summed E-state index contributed by atoms with van der Waals surface area (Å²) in [6.45, 7) is 2.96. The van der Waals surface area contributed by atoms with Gasteiger partial charge in [0, 0.05) is 43.1 Å². The normalized spacial score (nSPS) is 15.6. The van der Waals surface area contributed by atoms with Crippen molar-refractivity contribution in [1.82, 2.24) is 14.2 Å². The molecule has 0 spiro atoms. The molecular weight excluding hydrogens is 414 g/mol. The molecule has 1 fully saturated rings. The van der Waals surface area contributed by atoms with Gasteiger partial charge in [0.15, 0.2) is 5.76 Å². The van der Waals surface area contributed by atoms with Gasteiger partial charge in [0.05, 0.1) is 5.52 Å². The molecule has 5 rings (SSSR count). The maximum Gasteiger partial charge on any atom is 0.289 e. The zero-order valence-corrected chi connectivity index (χ0v) is 17.8. The number of pyridine rings is 1. The predicted octanol–water partition coefficient (Wildman–Crippen LogP) is 3.44. The van der Waals surface area contributed by atoms with Crippen LogP contribution in [0.5, 0.6) is 0 Å². The lowest BCUT2D eigenvalue weighted by Gasteiger charge is -2.33. The maximum absolute atomic E-state index is 13.3. The van der Waals surface area contributed by atoms with Gasteiger partial charge in [-0.05, 0) is 36.8 Å². The summed E-state index contributed by atoms with van der Waals surface area (Å²) in [7, 11) is -3.73. The van der Waals surface area contributed by atoms with Crippen molar-refractivity contribution in [3.05, 3.63) is 72.1 Å². The number of furan rings is 1. The molecule has 1 aliphatic rings. The SMILES string of the molecule is Cc1cnc2c(S(=O)(=O)N3CCN(C(=O)c4cc5ccccc5o4)CC3)cccc2c1. The number of para-hydroxylation sites is 2. The summed E-state index contributed by atoms with van der Waals surface area (Å²) in [5.41, 5.74) is 2.10. The molecule has 0 N–H and O–H groups in total. The number of fused-ring (bicyclic) bond motifs is 2. The summed E-state index contributed by atoms with van der Waals surface area (Å²) < 4.78 is 33.7. The standard InChI is InChI=1S/C23H21N3O4S/c1-16-13-18-6-4-8-21(22(18)24-15-16)31(28,29)26-11-9-25(10-12-26)23(27)20-14-17-5-2-3-7-19(17)30-20/h2-8,13-15H,9-12H2,1H3. The Balaban J connectivity index is 1.36. The van der Waals surface area contributed by atoms with E-state index in [4.69, 9.17) is 4.42 Å². The van der Waals surface area contributed by atoms with Gasteiger partial charge in [0.1, 0.15) is 10.5 Å². The zero-order chi connectivity index (χ0) is 21.6. The monoisotopic (exact) mass is 435 g/mol. The Morgan fingerprint density at radius 1 is 0.968 bits per heavy atom. The van der Waals surface area contributed by atoms with Gasteiger partial charge < -0.3 is 9.32 Å². The molecule has 0 bridgehead atoms. The first-order valence-corrected chi connectivity index (χ1v) is 11.5. The molecule has 1 saturated heterocycles. The zero-order valence-electron chi connectivity index (χ0n) is 17.0. The van der Waals surface area contributed by atoms with E-state index in [-0.39, 0.29) is 29.7 Å². The van der Waals surface area contributed by atoms with Crippen molar-refractivity contribution in [3.63, 3.8) is 0 Å². The number of carbonyl (C=O) groups excluding carboxylic acids is 1. The molecule has 31 heavy (non-hydrogen) atoms. The molecule has 7 nitrogen and oxygen atoms in total. The van der Waals surface area contributed by atoms with Gasteiger partial charge >= 0.3 is 0 Å². The molecule has 0 atom stereocenters. The summed E-state index contributed by atoms with van der Waals surface area (Å²) in [5.74, 6) is 0.0432. The number of benzene rings is 2. The molecule has 0 saturated carbocycles. The maximum atomic E-state index is 13.3. The van der Waals surface area contributed by atoms with Crippen molar-refractivity contribution in [2.75, 3.05) is 26.2 Å². The molecule has 2 aromatic carbocycles. The molecule has 0 unspecified atom stereocenters. The fourth-order valence-corrected chi connectivity index (χ4v) is 5.55. The fourth-order valence-electron chi connectivity index (χ4n) is 3.96. The van der Waals surface area contributed by atoms with Crippen molar-refractivity contribution < 1.29 is 17.6 Å². The molecule has 2 aromatic heterocycles. The van der Waals surface area contributed by atoms with E-state index in [1.165, 1.54) is 4.31 Å². The minimum atomic E-state index is -3.73. The topological polar surface area (TPSA) is 83.7 Å². The van der Waals surface area contributed by atoms with Crippen LogP contribution in [0.4, 0.5) is 0 Å². The van der Waals surface area contributed by atoms with Crippen LogP contribution in [0.25, 0.3) is 21.9 Å². The second-order valence-corrected chi connectivity index (χ2v) is 9.59. The van der Waals surface area contributed by atoms with Crippen molar-refractivity contribution in [2.45, 2.75) is 11.8 Å². The number of hydrogen-bond acceptors (Lipinski definition) is 5. The van der Waals surface area contributed by atoms with Gasteiger partial charge in [-0.1, -0.05) is 30.3 Å². The van der Waals surface area contributed by atoms with E-state index in [1.807, 2.05) is 43.3 Å². The Labute approximate surface area is 179 Å². The molecular formula is C23H21N3O4S. The number of hydrogen-bond donors (Lipinski definition) is 0. The Bertz CT molecular complexity index is 1370. The highest BCUT2D eigenvalue weighted by molar-refractivity contribution is 7.89. The largest absolute Gasteiger partial charge is 0.451 e. The van der Waals surface area contributed by atoms with Crippen LogP contribution in [0.2, 0.25) is 0 Å². The van der Waals surface area contributed by atoms with Crippen LogP contribution in [0.15, 0.2) is 70.1 Å². The molecule has 1 aliphatic heterocycles. The quantitative estimate of drug-likeness (QED) is 0.492. The van der Waals surface area contributed by atoms with Crippen LogP contribution in [-0.2, 0) is 10.0 Å². The number of aromatic nitrogens is 1. The van der Waals surface area contributed by atoms with E-state index < -0.39 is 10.0 Å². The average Bonchev–Trinajstić information content (AvgIpc) is 3.22. The first-order valence-electron chi connectivity index (χ1n) is 10.1. The highest BCUT2D eigenvalue weighted by atomic mass is 32.2. The summed E-state index contributed by atoms with van der Waals surface area (Å²) in [4.78, 5) is 19.0. The molecule has 4 aromatic rings. The van der Waals surface area contributed by atoms with Gasteiger partial charge in [-0.25, -0.2) is 8.42 Å². The van der Waals surface area contributed by atoms with Gasteiger partial charge in [-0.3, -0.25) is 9.78 Å². The van der Waals surface area contributed by atoms with Crippen LogP contribution in [0, 0.1) is 6.92 Å². The Hall–Kier alpha value is -3.23.